The predicted octanol–water partition coefficient (Wildman–Crippen LogP) is 0.406. The Labute approximate surface area is 204 Å². The molecule has 0 aliphatic carbocycles. The minimum absolute atomic E-state index is 0.0554. The Kier molecular flexibility index (Phi) is 11.9. The molecule has 0 aliphatic heterocycles. The van der Waals surface area contributed by atoms with Gasteiger partial charge in [-0.1, -0.05) is 30.3 Å². The molecule has 188 valence electrons. The number of tetrazole rings is 1. The summed E-state index contributed by atoms with van der Waals surface area (Å²) in [5, 5.41) is 26.4. The lowest BCUT2D eigenvalue weighted by molar-refractivity contribution is -0.126. The van der Waals surface area contributed by atoms with Crippen LogP contribution in [0.1, 0.15) is 44.1 Å². The Bertz CT molecular complexity index is 874. The number of amides is 2. The first-order chi connectivity index (χ1) is 16.3. The maximum atomic E-state index is 12.5. The molecule has 1 atom stereocenters. The standard InChI is InChI=1S/C22H35N7O4S/c1-22(2,23)21(32)25-18(16-33-15-17-7-4-3-5-8-17)20-26-27-28-29(20)11-6-9-19(31)24-10-13-34-14-12-30/h3-5,7-8,18,30H,6,9-16,23H2,1-2H3,(H,24,31)(H,25,32). The van der Waals surface area contributed by atoms with Crippen molar-refractivity contribution in [1.82, 2.24) is 30.8 Å². The van der Waals surface area contributed by atoms with E-state index in [1.165, 1.54) is 0 Å². The molecular formula is C22H35N7O4S. The van der Waals surface area contributed by atoms with E-state index in [1.54, 1.807) is 30.3 Å². The maximum absolute atomic E-state index is 12.5. The zero-order chi connectivity index (χ0) is 24.8. The highest BCUT2D eigenvalue weighted by Crippen LogP contribution is 2.14. The van der Waals surface area contributed by atoms with Crippen LogP contribution in [-0.4, -0.2) is 73.9 Å². The maximum Gasteiger partial charge on any atom is 0.240 e. The highest BCUT2D eigenvalue weighted by molar-refractivity contribution is 7.99. The van der Waals surface area contributed by atoms with E-state index < -0.39 is 11.6 Å². The van der Waals surface area contributed by atoms with Crippen LogP contribution in [0.5, 0.6) is 0 Å². The van der Waals surface area contributed by atoms with Crippen molar-refractivity contribution in [3.8, 4) is 0 Å². The van der Waals surface area contributed by atoms with Crippen LogP contribution in [0, 0.1) is 0 Å². The van der Waals surface area contributed by atoms with Crippen molar-refractivity contribution in [3.05, 3.63) is 41.7 Å². The molecule has 0 saturated heterocycles. The van der Waals surface area contributed by atoms with E-state index in [0.29, 0.717) is 44.1 Å². The Balaban J connectivity index is 1.92. The average Bonchev–Trinajstić information content (AvgIpc) is 3.26. The predicted molar refractivity (Wildman–Crippen MR) is 130 cm³/mol. The molecule has 0 saturated carbocycles. The SMILES string of the molecule is CC(C)(N)C(=O)NC(COCc1ccccc1)c1nnnn1CCCC(=O)NCCSCCO. The number of hydrogen-bond acceptors (Lipinski definition) is 9. The van der Waals surface area contributed by atoms with E-state index in [4.69, 9.17) is 15.6 Å². The second-order valence-electron chi connectivity index (χ2n) is 8.30. The van der Waals surface area contributed by atoms with Crippen LogP contribution in [0.25, 0.3) is 0 Å². The molecule has 0 radical (unpaired) electrons. The molecule has 1 aromatic heterocycles. The van der Waals surface area contributed by atoms with Crippen LogP contribution in [0.2, 0.25) is 0 Å². The first-order valence-electron chi connectivity index (χ1n) is 11.2. The lowest BCUT2D eigenvalue weighted by atomic mass is 10.1. The molecule has 0 bridgehead atoms. The third-order valence-corrected chi connectivity index (χ3v) is 5.70. The van der Waals surface area contributed by atoms with Gasteiger partial charge in [0, 0.05) is 31.0 Å². The fourth-order valence-electron chi connectivity index (χ4n) is 2.92. The summed E-state index contributed by atoms with van der Waals surface area (Å²) in [4.78, 5) is 24.6. The lowest BCUT2D eigenvalue weighted by Crippen LogP contribution is -2.51. The third kappa shape index (κ3) is 10.2. The molecule has 11 nitrogen and oxygen atoms in total. The number of aliphatic hydroxyl groups excluding tert-OH is 1. The molecule has 12 heteroatoms. The first-order valence-corrected chi connectivity index (χ1v) is 12.4. The Morgan fingerprint density at radius 2 is 2.03 bits per heavy atom. The van der Waals surface area contributed by atoms with Crippen molar-refractivity contribution in [1.29, 1.82) is 0 Å². The van der Waals surface area contributed by atoms with Crippen LogP contribution in [0.15, 0.2) is 30.3 Å². The van der Waals surface area contributed by atoms with Gasteiger partial charge in [-0.15, -0.1) is 5.10 Å². The molecule has 5 N–H and O–H groups in total. The summed E-state index contributed by atoms with van der Waals surface area (Å²) in [5.74, 6) is 1.44. The van der Waals surface area contributed by atoms with Gasteiger partial charge in [-0.3, -0.25) is 9.59 Å². The minimum Gasteiger partial charge on any atom is -0.396 e. The number of aromatic nitrogens is 4. The molecule has 1 aromatic carbocycles. The number of benzene rings is 1. The van der Waals surface area contributed by atoms with Crippen LogP contribution in [-0.2, 0) is 27.5 Å². The van der Waals surface area contributed by atoms with Crippen molar-refractivity contribution in [2.24, 2.45) is 5.73 Å². The summed E-state index contributed by atoms with van der Waals surface area (Å²) in [6, 6.07) is 9.10. The van der Waals surface area contributed by atoms with E-state index in [-0.39, 0.29) is 25.0 Å². The second kappa shape index (κ2) is 14.7. The summed E-state index contributed by atoms with van der Waals surface area (Å²) in [6.45, 7) is 4.87. The molecule has 2 rings (SSSR count). The number of aliphatic hydroxyl groups is 1. The zero-order valence-corrected chi connectivity index (χ0v) is 20.6. The molecule has 34 heavy (non-hydrogen) atoms. The molecule has 1 heterocycles. The third-order valence-electron chi connectivity index (χ3n) is 4.74. The lowest BCUT2D eigenvalue weighted by Gasteiger charge is -2.23. The van der Waals surface area contributed by atoms with Crippen LogP contribution >= 0.6 is 11.8 Å². The number of hydrogen-bond donors (Lipinski definition) is 4. The number of nitrogens with two attached hydrogens (primary N) is 1. The second-order valence-corrected chi connectivity index (χ2v) is 9.52. The molecule has 2 aromatic rings. The van der Waals surface area contributed by atoms with Crippen LogP contribution < -0.4 is 16.4 Å². The summed E-state index contributed by atoms with van der Waals surface area (Å²) in [6.07, 6.45) is 0.850. The summed E-state index contributed by atoms with van der Waals surface area (Å²) in [7, 11) is 0. The smallest absolute Gasteiger partial charge is 0.240 e. The van der Waals surface area contributed by atoms with Crippen molar-refractivity contribution in [3.63, 3.8) is 0 Å². The highest BCUT2D eigenvalue weighted by Gasteiger charge is 2.28. The van der Waals surface area contributed by atoms with Gasteiger partial charge in [0.25, 0.3) is 0 Å². The quantitative estimate of drug-likeness (QED) is 0.243. The van der Waals surface area contributed by atoms with Gasteiger partial charge in [0.15, 0.2) is 5.82 Å². The Morgan fingerprint density at radius 1 is 1.26 bits per heavy atom. The molecule has 1 unspecified atom stereocenters. The molecule has 0 fully saturated rings. The van der Waals surface area contributed by atoms with Gasteiger partial charge in [-0.05, 0) is 36.3 Å². The fourth-order valence-corrected chi connectivity index (χ4v) is 3.50. The average molecular weight is 494 g/mol. The number of ether oxygens (including phenoxy) is 1. The van der Waals surface area contributed by atoms with Crippen molar-refractivity contribution in [2.45, 2.75) is 51.4 Å². The molecule has 0 spiro atoms. The van der Waals surface area contributed by atoms with E-state index in [0.717, 1.165) is 11.3 Å². The largest absolute Gasteiger partial charge is 0.396 e. The zero-order valence-electron chi connectivity index (χ0n) is 19.8. The normalized spacial score (nSPS) is 12.4. The van der Waals surface area contributed by atoms with Gasteiger partial charge in [0.05, 0.1) is 25.4 Å². The number of aryl methyl sites for hydroxylation is 1. The van der Waals surface area contributed by atoms with E-state index in [1.807, 2.05) is 30.3 Å². The Hall–Kier alpha value is -2.54. The van der Waals surface area contributed by atoms with Crippen molar-refractivity contribution in [2.75, 3.05) is 31.3 Å². The van der Waals surface area contributed by atoms with Crippen LogP contribution in [0.4, 0.5) is 0 Å². The molecule has 0 aliphatic rings. The molecular weight excluding hydrogens is 458 g/mol. The number of rotatable bonds is 16. The summed E-state index contributed by atoms with van der Waals surface area (Å²) >= 11 is 1.58. The van der Waals surface area contributed by atoms with Gasteiger partial charge in [-0.25, -0.2) is 4.68 Å². The van der Waals surface area contributed by atoms with Gasteiger partial charge in [0.2, 0.25) is 11.8 Å². The number of carbonyl (C=O) groups is 2. The van der Waals surface area contributed by atoms with Crippen molar-refractivity contribution >= 4 is 23.6 Å². The van der Waals surface area contributed by atoms with Gasteiger partial charge in [-0.2, -0.15) is 11.8 Å². The van der Waals surface area contributed by atoms with E-state index >= 15 is 0 Å². The number of carbonyl (C=O) groups excluding carboxylic acids is 2. The Morgan fingerprint density at radius 3 is 2.74 bits per heavy atom. The van der Waals surface area contributed by atoms with E-state index in [9.17, 15) is 9.59 Å². The topological polar surface area (TPSA) is 157 Å². The van der Waals surface area contributed by atoms with Gasteiger partial charge in [0.1, 0.15) is 6.04 Å². The summed E-state index contributed by atoms with van der Waals surface area (Å²) < 4.78 is 7.42. The molecule has 2 amide bonds. The number of nitrogens with one attached hydrogen (secondary N) is 2. The monoisotopic (exact) mass is 493 g/mol. The highest BCUT2D eigenvalue weighted by atomic mass is 32.2. The number of nitrogens with zero attached hydrogens (tertiary/aromatic N) is 4. The van der Waals surface area contributed by atoms with Gasteiger partial charge >= 0.3 is 0 Å². The minimum atomic E-state index is -1.08. The first kappa shape index (κ1) is 27.7. The van der Waals surface area contributed by atoms with Crippen molar-refractivity contribution < 1.29 is 19.4 Å². The van der Waals surface area contributed by atoms with Crippen LogP contribution in [0.3, 0.4) is 0 Å². The van der Waals surface area contributed by atoms with Gasteiger partial charge < -0.3 is 26.2 Å². The van der Waals surface area contributed by atoms with E-state index in [2.05, 4.69) is 26.2 Å². The number of thioether (sulfide) groups is 1. The summed E-state index contributed by atoms with van der Waals surface area (Å²) in [5.41, 5.74) is 5.88. The fraction of sp³-hybridized carbons (Fsp3) is 0.591.